The lowest BCUT2D eigenvalue weighted by Gasteiger charge is -2.02. The van der Waals surface area contributed by atoms with Gasteiger partial charge < -0.3 is 5.73 Å². The molecule has 0 aliphatic carbocycles. The van der Waals surface area contributed by atoms with Crippen LogP contribution in [0.25, 0.3) is 0 Å². The molecule has 0 spiro atoms. The molecule has 14 heavy (non-hydrogen) atoms. The second kappa shape index (κ2) is 4.25. The van der Waals surface area contributed by atoms with Gasteiger partial charge in [-0.1, -0.05) is 23.8 Å². The largest absolute Gasteiger partial charge is 0.392 e. The number of hydrogen-bond donors (Lipinski definition) is 1. The van der Waals surface area contributed by atoms with Crippen molar-refractivity contribution in [3.05, 3.63) is 29.3 Å². The maximum absolute atomic E-state index is 11.5. The van der Waals surface area contributed by atoms with E-state index in [2.05, 4.69) is 12.2 Å². The summed E-state index contributed by atoms with van der Waals surface area (Å²) in [5.41, 5.74) is 5.17. The number of sulfone groups is 1. The number of thiocarbonyl (C=S) groups is 1. The maximum Gasteiger partial charge on any atom is 0.184 e. The van der Waals surface area contributed by atoms with E-state index >= 15 is 0 Å². The molecule has 0 bridgehead atoms. The van der Waals surface area contributed by atoms with Crippen LogP contribution < -0.4 is 5.73 Å². The van der Waals surface area contributed by atoms with E-state index in [0.29, 0.717) is 5.02 Å². The van der Waals surface area contributed by atoms with Crippen molar-refractivity contribution in [3.63, 3.8) is 0 Å². The molecule has 0 radical (unpaired) electrons. The molecule has 0 amide bonds. The van der Waals surface area contributed by atoms with Crippen LogP contribution in [0.1, 0.15) is 0 Å². The quantitative estimate of drug-likeness (QED) is 0.823. The predicted molar refractivity (Wildman–Crippen MR) is 60.3 cm³/mol. The van der Waals surface area contributed by atoms with Crippen LogP contribution in [0.4, 0.5) is 0 Å². The molecule has 0 aromatic heterocycles. The van der Waals surface area contributed by atoms with E-state index in [9.17, 15) is 8.42 Å². The van der Waals surface area contributed by atoms with Crippen LogP contribution in [-0.4, -0.2) is 19.2 Å². The minimum absolute atomic E-state index is 0.0417. The Morgan fingerprint density at radius 2 is 1.86 bits per heavy atom. The lowest BCUT2D eigenvalue weighted by atomic mass is 10.4. The third kappa shape index (κ3) is 2.94. The first-order valence-corrected chi connectivity index (χ1v) is 6.12. The molecule has 0 heterocycles. The zero-order chi connectivity index (χ0) is 10.8. The van der Waals surface area contributed by atoms with E-state index in [-0.39, 0.29) is 15.6 Å². The summed E-state index contributed by atoms with van der Waals surface area (Å²) in [4.78, 5) is 0.134. The van der Waals surface area contributed by atoms with E-state index in [1.165, 1.54) is 24.3 Å². The average Bonchev–Trinajstić information content (AvgIpc) is 2.02. The molecule has 1 rings (SSSR count). The fraction of sp³-hybridized carbons (Fsp3) is 0.125. The minimum atomic E-state index is -3.40. The van der Waals surface area contributed by atoms with E-state index in [0.717, 1.165) is 0 Å². The molecule has 76 valence electrons. The molecule has 6 heteroatoms. The van der Waals surface area contributed by atoms with Gasteiger partial charge in [-0.05, 0) is 24.3 Å². The topological polar surface area (TPSA) is 60.2 Å². The molecule has 0 aliphatic rings. The molecule has 0 saturated heterocycles. The molecule has 0 fully saturated rings. The Bertz CT molecular complexity index is 439. The molecule has 1 aromatic carbocycles. The van der Waals surface area contributed by atoms with Crippen molar-refractivity contribution in [2.24, 2.45) is 5.73 Å². The van der Waals surface area contributed by atoms with E-state index in [1.807, 2.05) is 0 Å². The average molecular weight is 250 g/mol. The van der Waals surface area contributed by atoms with Crippen LogP contribution in [0.15, 0.2) is 29.2 Å². The first-order chi connectivity index (χ1) is 6.42. The third-order valence-electron chi connectivity index (χ3n) is 1.51. The second-order valence-electron chi connectivity index (χ2n) is 2.68. The highest BCUT2D eigenvalue weighted by Gasteiger charge is 2.14. The monoisotopic (exact) mass is 249 g/mol. The Hall–Kier alpha value is -0.650. The highest BCUT2D eigenvalue weighted by Crippen LogP contribution is 2.15. The Kier molecular flexibility index (Phi) is 3.47. The fourth-order valence-corrected chi connectivity index (χ4v) is 2.60. The van der Waals surface area contributed by atoms with Gasteiger partial charge in [0.05, 0.1) is 9.88 Å². The van der Waals surface area contributed by atoms with E-state index in [1.54, 1.807) is 0 Å². The lowest BCUT2D eigenvalue weighted by molar-refractivity contribution is 0.600. The zero-order valence-corrected chi connectivity index (χ0v) is 9.49. The van der Waals surface area contributed by atoms with Crippen molar-refractivity contribution in [3.8, 4) is 0 Å². The molecule has 1 aromatic rings. The third-order valence-corrected chi connectivity index (χ3v) is 3.77. The van der Waals surface area contributed by atoms with Crippen molar-refractivity contribution < 1.29 is 8.42 Å². The Morgan fingerprint density at radius 1 is 1.36 bits per heavy atom. The Labute approximate surface area is 92.8 Å². The van der Waals surface area contributed by atoms with Gasteiger partial charge >= 0.3 is 0 Å². The first kappa shape index (κ1) is 11.4. The summed E-state index contributed by atoms with van der Waals surface area (Å²) in [5.74, 6) is -0.316. The molecule has 0 unspecified atom stereocenters. The van der Waals surface area contributed by atoms with Crippen LogP contribution in [0.3, 0.4) is 0 Å². The number of nitrogens with two attached hydrogens (primary N) is 1. The Balaban J connectivity index is 3.05. The molecule has 3 nitrogen and oxygen atoms in total. The summed E-state index contributed by atoms with van der Waals surface area (Å²) < 4.78 is 23.1. The smallest absolute Gasteiger partial charge is 0.184 e. The van der Waals surface area contributed by atoms with Gasteiger partial charge in [-0.15, -0.1) is 0 Å². The van der Waals surface area contributed by atoms with Gasteiger partial charge in [0.25, 0.3) is 0 Å². The first-order valence-electron chi connectivity index (χ1n) is 3.68. The van der Waals surface area contributed by atoms with Gasteiger partial charge in [0.2, 0.25) is 0 Å². The standard InChI is InChI=1S/C8H8ClNO2S2/c9-6-1-3-7(4-2-6)14(11,12)5-8(10)13/h1-4H,5H2,(H2,10,13). The summed E-state index contributed by atoms with van der Waals surface area (Å²) >= 11 is 10.2. The van der Waals surface area contributed by atoms with Gasteiger partial charge in [-0.2, -0.15) is 0 Å². The number of halogens is 1. The number of hydrogen-bond acceptors (Lipinski definition) is 3. The van der Waals surface area contributed by atoms with E-state index < -0.39 is 9.84 Å². The number of rotatable bonds is 3. The van der Waals surface area contributed by atoms with Crippen molar-refractivity contribution in [2.75, 3.05) is 5.75 Å². The molecule has 0 atom stereocenters. The van der Waals surface area contributed by atoms with Gasteiger partial charge in [0.15, 0.2) is 9.84 Å². The van der Waals surface area contributed by atoms with Crippen molar-refractivity contribution >= 4 is 38.6 Å². The van der Waals surface area contributed by atoms with Crippen LogP contribution in [0.5, 0.6) is 0 Å². The molecular weight excluding hydrogens is 242 g/mol. The van der Waals surface area contributed by atoms with Gasteiger partial charge in [0, 0.05) is 5.02 Å². The fourth-order valence-electron chi connectivity index (χ4n) is 0.913. The SMILES string of the molecule is NC(=S)CS(=O)(=O)c1ccc(Cl)cc1. The summed E-state index contributed by atoms with van der Waals surface area (Å²) in [6, 6.07) is 5.87. The minimum Gasteiger partial charge on any atom is -0.392 e. The van der Waals surface area contributed by atoms with Gasteiger partial charge in [0.1, 0.15) is 5.75 Å². The normalized spacial score (nSPS) is 11.2. The maximum atomic E-state index is 11.5. The molecule has 0 saturated carbocycles. The second-order valence-corrected chi connectivity index (χ2v) is 5.63. The van der Waals surface area contributed by atoms with Crippen LogP contribution in [0.2, 0.25) is 5.02 Å². The summed E-state index contributed by atoms with van der Waals surface area (Å²) in [6.45, 7) is 0. The number of benzene rings is 1. The summed E-state index contributed by atoms with van der Waals surface area (Å²) in [7, 11) is -3.40. The summed E-state index contributed by atoms with van der Waals surface area (Å²) in [6.07, 6.45) is 0. The molecule has 2 N–H and O–H groups in total. The van der Waals surface area contributed by atoms with Gasteiger partial charge in [-0.3, -0.25) is 0 Å². The van der Waals surface area contributed by atoms with E-state index in [4.69, 9.17) is 17.3 Å². The van der Waals surface area contributed by atoms with Crippen LogP contribution >= 0.6 is 23.8 Å². The highest BCUT2D eigenvalue weighted by molar-refractivity contribution is 7.94. The van der Waals surface area contributed by atoms with Crippen LogP contribution in [-0.2, 0) is 9.84 Å². The van der Waals surface area contributed by atoms with Crippen molar-refractivity contribution in [2.45, 2.75) is 4.90 Å². The zero-order valence-electron chi connectivity index (χ0n) is 7.10. The van der Waals surface area contributed by atoms with Gasteiger partial charge in [-0.25, -0.2) is 8.42 Å². The highest BCUT2D eigenvalue weighted by atomic mass is 35.5. The molecule has 0 aliphatic heterocycles. The van der Waals surface area contributed by atoms with Crippen LogP contribution in [0, 0.1) is 0 Å². The summed E-state index contributed by atoms with van der Waals surface area (Å²) in [5, 5.41) is 0.485. The lowest BCUT2D eigenvalue weighted by Crippen LogP contribution is -2.21. The predicted octanol–water partition coefficient (Wildman–Crippen LogP) is 1.40. The van der Waals surface area contributed by atoms with Crippen molar-refractivity contribution in [1.29, 1.82) is 0 Å². The Morgan fingerprint density at radius 3 is 2.29 bits per heavy atom. The van der Waals surface area contributed by atoms with Crippen molar-refractivity contribution in [1.82, 2.24) is 0 Å². The molecular formula is C8H8ClNO2S2.